The summed E-state index contributed by atoms with van der Waals surface area (Å²) >= 11 is 0. The van der Waals surface area contributed by atoms with Crippen LogP contribution in [0.25, 0.3) is 117 Å². The predicted molar refractivity (Wildman–Crippen MR) is 275 cm³/mol. The molecule has 0 aliphatic carbocycles. The van der Waals surface area contributed by atoms with Gasteiger partial charge in [0.1, 0.15) is 5.69 Å². The summed E-state index contributed by atoms with van der Waals surface area (Å²) in [6.45, 7) is 0. The molecule has 12 rings (SSSR count). The zero-order valence-corrected chi connectivity index (χ0v) is 36.4. The maximum Gasteiger partial charge on any atom is 0.164 e. The van der Waals surface area contributed by atoms with E-state index in [2.05, 4.69) is 217 Å². The molecule has 0 aliphatic rings. The maximum atomic E-state index is 5.57. The molecule has 0 spiro atoms. The molecule has 0 aliphatic heterocycles. The van der Waals surface area contributed by atoms with E-state index in [9.17, 15) is 0 Å². The van der Waals surface area contributed by atoms with Crippen LogP contribution in [0.5, 0.6) is 0 Å². The number of benzene rings is 9. The van der Waals surface area contributed by atoms with Crippen LogP contribution < -0.4 is 0 Å². The highest BCUT2D eigenvalue weighted by molar-refractivity contribution is 6.15. The first kappa shape index (κ1) is 39.5. The van der Waals surface area contributed by atoms with Crippen molar-refractivity contribution in [2.24, 2.45) is 0 Å². The molecule has 0 saturated heterocycles. The zero-order valence-electron chi connectivity index (χ0n) is 36.4. The quantitative estimate of drug-likeness (QED) is 0.145. The predicted octanol–water partition coefficient (Wildman–Crippen LogP) is 15.7. The van der Waals surface area contributed by atoms with Crippen molar-refractivity contribution < 1.29 is 0 Å². The monoisotopic (exact) mass is 855 g/mol. The van der Waals surface area contributed by atoms with E-state index in [0.717, 1.165) is 100 Å². The Morgan fingerprint density at radius 3 is 1.24 bits per heavy atom. The van der Waals surface area contributed by atoms with Gasteiger partial charge in [0.05, 0.1) is 11.2 Å². The van der Waals surface area contributed by atoms with Crippen LogP contribution in [-0.2, 0) is 0 Å². The molecule has 12 aromatic rings. The third kappa shape index (κ3) is 7.44. The molecule has 3 aromatic heterocycles. The summed E-state index contributed by atoms with van der Waals surface area (Å²) < 4.78 is 2.20. The topological polar surface area (TPSA) is 56.0 Å². The van der Waals surface area contributed by atoms with Crippen molar-refractivity contribution in [2.45, 2.75) is 0 Å². The number of aromatic nitrogens is 5. The van der Waals surface area contributed by atoms with Crippen LogP contribution in [-0.4, -0.2) is 24.6 Å². The van der Waals surface area contributed by atoms with Gasteiger partial charge in [-0.2, -0.15) is 5.10 Å². The van der Waals surface area contributed by atoms with E-state index in [4.69, 9.17) is 20.1 Å². The summed E-state index contributed by atoms with van der Waals surface area (Å²) in [4.78, 5) is 15.2. The van der Waals surface area contributed by atoms with Gasteiger partial charge in [-0.3, -0.25) is 0 Å². The SMILES string of the molecule is c1ccc(-c2ccc(-c3nc(-c4ccccc4)nc(-c4cccc(-c5cccc(-c6c(-c7ccccc7)n7nc(-c8ccccc8)c(-c8ccccc8)c7c7ccccc67)c5)c4)n3)cc2)cc1. The van der Waals surface area contributed by atoms with Gasteiger partial charge in [0.2, 0.25) is 0 Å². The molecule has 0 saturated carbocycles. The summed E-state index contributed by atoms with van der Waals surface area (Å²) in [5.74, 6) is 1.86. The molecular weight excluding hydrogens is 815 g/mol. The van der Waals surface area contributed by atoms with Gasteiger partial charge in [-0.05, 0) is 50.9 Å². The normalized spacial score (nSPS) is 11.3. The molecule has 67 heavy (non-hydrogen) atoms. The third-order valence-electron chi connectivity index (χ3n) is 12.5. The van der Waals surface area contributed by atoms with Crippen LogP contribution >= 0.6 is 0 Å². The number of hydrogen-bond donors (Lipinski definition) is 0. The van der Waals surface area contributed by atoms with Gasteiger partial charge >= 0.3 is 0 Å². The van der Waals surface area contributed by atoms with Crippen molar-refractivity contribution in [3.8, 4) is 101 Å². The summed E-state index contributed by atoms with van der Waals surface area (Å²) in [6, 6.07) is 87.0. The van der Waals surface area contributed by atoms with Crippen molar-refractivity contribution in [2.75, 3.05) is 0 Å². The average molecular weight is 856 g/mol. The molecule has 0 radical (unpaired) electrons. The van der Waals surface area contributed by atoms with Gasteiger partial charge in [0.25, 0.3) is 0 Å². The second-order valence-corrected chi connectivity index (χ2v) is 16.6. The zero-order chi connectivity index (χ0) is 44.5. The van der Waals surface area contributed by atoms with E-state index in [1.807, 2.05) is 36.4 Å². The number of fused-ring (bicyclic) bond motifs is 3. The Morgan fingerprint density at radius 1 is 0.254 bits per heavy atom. The Hall–Kier alpha value is -9.06. The first-order valence-corrected chi connectivity index (χ1v) is 22.6. The van der Waals surface area contributed by atoms with E-state index in [-0.39, 0.29) is 0 Å². The molecule has 0 unspecified atom stereocenters. The van der Waals surface area contributed by atoms with E-state index >= 15 is 0 Å². The van der Waals surface area contributed by atoms with Crippen LogP contribution in [0.15, 0.2) is 249 Å². The van der Waals surface area contributed by atoms with Gasteiger partial charge in [-0.25, -0.2) is 19.5 Å². The highest BCUT2D eigenvalue weighted by Gasteiger charge is 2.25. The first-order chi connectivity index (χ1) is 33.2. The molecule has 0 atom stereocenters. The summed E-state index contributed by atoms with van der Waals surface area (Å²) in [6.07, 6.45) is 0. The molecule has 0 N–H and O–H groups in total. The molecule has 314 valence electrons. The minimum atomic E-state index is 0.610. The molecule has 0 bridgehead atoms. The molecule has 3 heterocycles. The van der Waals surface area contributed by atoms with Crippen LogP contribution in [0.4, 0.5) is 0 Å². The summed E-state index contributed by atoms with van der Waals surface area (Å²) in [7, 11) is 0. The fourth-order valence-corrected chi connectivity index (χ4v) is 9.29. The van der Waals surface area contributed by atoms with E-state index in [1.165, 1.54) is 0 Å². The van der Waals surface area contributed by atoms with Crippen molar-refractivity contribution >= 4 is 16.3 Å². The van der Waals surface area contributed by atoms with E-state index in [1.54, 1.807) is 0 Å². The van der Waals surface area contributed by atoms with Gasteiger partial charge < -0.3 is 0 Å². The van der Waals surface area contributed by atoms with Gasteiger partial charge in [0, 0.05) is 44.3 Å². The van der Waals surface area contributed by atoms with Gasteiger partial charge in [-0.15, -0.1) is 0 Å². The van der Waals surface area contributed by atoms with E-state index in [0.29, 0.717) is 17.5 Å². The molecule has 5 heteroatoms. The number of nitrogens with zero attached hydrogens (tertiary/aromatic N) is 5. The largest absolute Gasteiger partial charge is 0.231 e. The number of hydrogen-bond acceptors (Lipinski definition) is 4. The molecule has 5 nitrogen and oxygen atoms in total. The Morgan fingerprint density at radius 2 is 0.642 bits per heavy atom. The fourth-order valence-electron chi connectivity index (χ4n) is 9.29. The number of pyridine rings is 1. The summed E-state index contributed by atoms with van der Waals surface area (Å²) in [5.41, 5.74) is 16.8. The van der Waals surface area contributed by atoms with Crippen LogP contribution in [0, 0.1) is 0 Å². The van der Waals surface area contributed by atoms with Gasteiger partial charge in [0.15, 0.2) is 17.5 Å². The average Bonchev–Trinajstić information content (AvgIpc) is 3.83. The van der Waals surface area contributed by atoms with Gasteiger partial charge in [-0.1, -0.05) is 237 Å². The Kier molecular flexibility index (Phi) is 10.1. The van der Waals surface area contributed by atoms with E-state index < -0.39 is 0 Å². The minimum absolute atomic E-state index is 0.610. The highest BCUT2D eigenvalue weighted by Crippen LogP contribution is 2.46. The fraction of sp³-hybridized carbons (Fsp3) is 0. The molecule has 9 aromatic carbocycles. The van der Waals surface area contributed by atoms with Crippen LogP contribution in [0.2, 0.25) is 0 Å². The lowest BCUT2D eigenvalue weighted by Crippen LogP contribution is -2.00. The van der Waals surface area contributed by atoms with Crippen LogP contribution in [0.1, 0.15) is 0 Å². The second-order valence-electron chi connectivity index (χ2n) is 16.6. The maximum absolute atomic E-state index is 5.57. The highest BCUT2D eigenvalue weighted by atomic mass is 15.2. The lowest BCUT2D eigenvalue weighted by molar-refractivity contribution is 0.981. The Labute approximate surface area is 389 Å². The smallest absolute Gasteiger partial charge is 0.164 e. The van der Waals surface area contributed by atoms with Crippen molar-refractivity contribution in [3.63, 3.8) is 0 Å². The Bertz CT molecular complexity index is 3700. The van der Waals surface area contributed by atoms with Crippen LogP contribution in [0.3, 0.4) is 0 Å². The lowest BCUT2D eigenvalue weighted by Gasteiger charge is -2.18. The van der Waals surface area contributed by atoms with Crippen molar-refractivity contribution in [3.05, 3.63) is 249 Å². The first-order valence-electron chi connectivity index (χ1n) is 22.6. The summed E-state index contributed by atoms with van der Waals surface area (Å²) in [5, 5.41) is 7.86. The standard InChI is InChI=1S/C62H41N5/c1-6-20-42(21-7-1)43-36-38-48(39-37-43)61-63-60(47-28-14-5-15-29-47)64-62(65-61)52-33-19-31-50(41-52)49-30-18-32-51(40-49)55-53-34-16-17-35-54(53)59-56(44-22-8-2-9-23-44)57(45-24-10-3-11-25-45)66-67(59)58(55)46-26-12-4-13-27-46/h1-41H. The van der Waals surface area contributed by atoms with Crippen molar-refractivity contribution in [1.82, 2.24) is 24.6 Å². The third-order valence-corrected chi connectivity index (χ3v) is 12.5. The van der Waals surface area contributed by atoms with Crippen molar-refractivity contribution in [1.29, 1.82) is 0 Å². The Balaban J connectivity index is 1.02. The molecule has 0 amide bonds. The lowest BCUT2D eigenvalue weighted by atomic mass is 9.90. The minimum Gasteiger partial charge on any atom is -0.231 e. The second kappa shape index (κ2) is 17.1. The number of rotatable bonds is 9. The molecule has 0 fully saturated rings. The molecular formula is C62H41N5.